The zero-order chi connectivity index (χ0) is 64.4. The molecule has 0 spiro atoms. The molecule has 454 valence electrons. The summed E-state index contributed by atoms with van der Waals surface area (Å²) >= 11 is 0. The highest BCUT2D eigenvalue weighted by Gasteiger charge is 2.24. The van der Waals surface area contributed by atoms with Gasteiger partial charge >= 0.3 is 0 Å². The summed E-state index contributed by atoms with van der Waals surface area (Å²) in [6.45, 7) is 0. The average Bonchev–Trinajstić information content (AvgIpc) is 0.943. The monoisotopic (exact) mass is 1240 g/mol. The van der Waals surface area contributed by atoms with Gasteiger partial charge in [0.2, 0.25) is 0 Å². The van der Waals surface area contributed by atoms with Crippen molar-refractivity contribution in [3.05, 3.63) is 352 Å². The van der Waals surface area contributed by atoms with E-state index in [0.717, 1.165) is 77.3 Å². The van der Waals surface area contributed by atoms with E-state index in [1.807, 2.05) is 6.07 Å². The number of benzene rings is 18. The quantitative estimate of drug-likeness (QED) is 0.135. The van der Waals surface area contributed by atoms with Crippen molar-refractivity contribution in [1.29, 1.82) is 0 Å². The van der Waals surface area contributed by atoms with Gasteiger partial charge in [-0.2, -0.15) is 0 Å². The molecule has 0 atom stereocenters. The zero-order valence-corrected chi connectivity index (χ0v) is 53.3. The second kappa shape index (κ2) is 22.4. The van der Waals surface area contributed by atoms with E-state index in [4.69, 9.17) is 8.83 Å². The predicted octanol–water partition coefficient (Wildman–Crippen LogP) is 27.4. The Kier molecular flexibility index (Phi) is 12.7. The van der Waals surface area contributed by atoms with Gasteiger partial charge in [0, 0.05) is 27.1 Å². The maximum absolute atomic E-state index is 6.92. The lowest BCUT2D eigenvalue weighted by atomic mass is 9.83. The van der Waals surface area contributed by atoms with Crippen LogP contribution in [0.4, 0.5) is 0 Å². The molecule has 0 saturated heterocycles. The van der Waals surface area contributed by atoms with Crippen LogP contribution in [0.5, 0.6) is 0 Å². The highest BCUT2D eigenvalue weighted by Crippen LogP contribution is 2.51. The molecule has 18 aromatic carbocycles. The van der Waals surface area contributed by atoms with E-state index in [2.05, 4.69) is 346 Å². The van der Waals surface area contributed by atoms with Crippen molar-refractivity contribution in [2.24, 2.45) is 0 Å². The first-order valence-corrected chi connectivity index (χ1v) is 33.8. The van der Waals surface area contributed by atoms with Crippen molar-refractivity contribution >= 4 is 109 Å². The summed E-state index contributed by atoms with van der Waals surface area (Å²) in [5.74, 6) is 0. The second-order valence-electron chi connectivity index (χ2n) is 26.0. The van der Waals surface area contributed by atoms with Crippen molar-refractivity contribution in [2.75, 3.05) is 0 Å². The molecule has 2 heteroatoms. The Hall–Kier alpha value is -12.9. The number of para-hydroxylation sites is 2. The third kappa shape index (κ3) is 8.75. The first-order valence-electron chi connectivity index (χ1n) is 33.8. The Morgan fingerprint density at radius 1 is 0.153 bits per heavy atom. The molecule has 2 heterocycles. The Bertz CT molecular complexity index is 6510. The van der Waals surface area contributed by atoms with Gasteiger partial charge in [-0.25, -0.2) is 0 Å². The average molecular weight is 1240 g/mol. The first kappa shape index (κ1) is 55.6. The maximum atomic E-state index is 6.92. The largest absolute Gasteiger partial charge is 0.456 e. The van der Waals surface area contributed by atoms with Crippen LogP contribution in [0.2, 0.25) is 0 Å². The minimum absolute atomic E-state index is 0.872. The predicted molar refractivity (Wildman–Crippen MR) is 415 cm³/mol. The third-order valence-corrected chi connectivity index (χ3v) is 20.7. The zero-order valence-electron chi connectivity index (χ0n) is 53.3. The Balaban J connectivity index is 0.638. The van der Waals surface area contributed by atoms with Crippen LogP contribution in [-0.4, -0.2) is 0 Å². The smallest absolute Gasteiger partial charge is 0.143 e. The van der Waals surface area contributed by atoms with Crippen molar-refractivity contribution in [2.45, 2.75) is 0 Å². The molecular weight excluding hydrogens is 1190 g/mol. The molecule has 0 aliphatic carbocycles. The van der Waals surface area contributed by atoms with E-state index in [9.17, 15) is 0 Å². The van der Waals surface area contributed by atoms with Gasteiger partial charge < -0.3 is 8.83 Å². The Morgan fingerprint density at radius 3 is 1.08 bits per heavy atom. The maximum Gasteiger partial charge on any atom is 0.143 e. The van der Waals surface area contributed by atoms with Crippen LogP contribution in [0.3, 0.4) is 0 Å². The topological polar surface area (TPSA) is 26.3 Å². The van der Waals surface area contributed by atoms with Crippen molar-refractivity contribution in [3.8, 4) is 100 Å². The summed E-state index contributed by atoms with van der Waals surface area (Å²) in [5.41, 5.74) is 24.9. The van der Waals surface area contributed by atoms with Crippen molar-refractivity contribution in [1.82, 2.24) is 0 Å². The molecule has 0 unspecified atom stereocenters. The van der Waals surface area contributed by atoms with Gasteiger partial charge in [0.15, 0.2) is 0 Å². The lowest BCUT2D eigenvalue weighted by molar-refractivity contribution is 0.669. The molecule has 0 radical (unpaired) electrons. The van der Waals surface area contributed by atoms with Gasteiger partial charge in [-0.3, -0.25) is 0 Å². The number of furan rings is 2. The van der Waals surface area contributed by atoms with Gasteiger partial charge in [-0.15, -0.1) is 0 Å². The van der Waals surface area contributed by atoms with Crippen LogP contribution in [-0.2, 0) is 0 Å². The summed E-state index contributed by atoms with van der Waals surface area (Å²) in [7, 11) is 0. The normalized spacial score (nSPS) is 11.9. The fourth-order valence-electron chi connectivity index (χ4n) is 16.3. The summed E-state index contributed by atoms with van der Waals surface area (Å²) in [4.78, 5) is 0. The molecule has 20 rings (SSSR count). The molecule has 0 aliphatic heterocycles. The fraction of sp³-hybridized carbons (Fsp3) is 0. The molecule has 2 nitrogen and oxygen atoms in total. The highest BCUT2D eigenvalue weighted by atomic mass is 16.3. The molecule has 98 heavy (non-hydrogen) atoms. The Morgan fingerprint density at radius 2 is 0.520 bits per heavy atom. The number of fused-ring (bicyclic) bond motifs is 12. The van der Waals surface area contributed by atoms with E-state index in [-0.39, 0.29) is 0 Å². The molecule has 0 fully saturated rings. The molecule has 0 amide bonds. The first-order chi connectivity index (χ1) is 48.6. The number of rotatable bonds is 9. The van der Waals surface area contributed by atoms with E-state index in [1.54, 1.807) is 0 Å². The van der Waals surface area contributed by atoms with Gasteiger partial charge in [0.05, 0.1) is 0 Å². The lowest BCUT2D eigenvalue weighted by Crippen LogP contribution is -1.92. The minimum Gasteiger partial charge on any atom is -0.456 e. The van der Waals surface area contributed by atoms with Gasteiger partial charge in [-0.05, 0) is 196 Å². The Labute approximate surface area is 565 Å². The highest BCUT2D eigenvalue weighted by molar-refractivity contribution is 6.27. The van der Waals surface area contributed by atoms with E-state index in [1.165, 1.54) is 131 Å². The molecule has 0 N–H and O–H groups in total. The molecule has 2 aromatic heterocycles. The summed E-state index contributed by atoms with van der Waals surface area (Å²) in [6.07, 6.45) is 0. The van der Waals surface area contributed by atoms with E-state index < -0.39 is 0 Å². The van der Waals surface area contributed by atoms with Crippen LogP contribution in [0.25, 0.3) is 209 Å². The van der Waals surface area contributed by atoms with Crippen molar-refractivity contribution in [3.63, 3.8) is 0 Å². The standard InChI is InChI=1S/C96H58O2/c1-2-21-59(22-3-1)67-57-66-23-4-5-24-68(66)86(58-67)93-81-33-14-10-29-77(81)91(78-30-11-15-34-82(78)93)65-51-47-62(48-52-65)69-53-54-70(96-95(69)85-36-17-19-39-88(85)98-96)63-45-41-60(42-46-63)61-43-49-64(50-44-61)90-75-27-8-12-31-79(75)92(80-32-13-9-28-76(80)90)83-56-55-73(71-25-6-7-26-72(71)83)74-37-20-40-89-94(74)84-35-16-18-38-87(84)97-89/h1-58H. The van der Waals surface area contributed by atoms with Crippen LogP contribution >= 0.6 is 0 Å². The second-order valence-corrected chi connectivity index (χ2v) is 26.0. The van der Waals surface area contributed by atoms with Gasteiger partial charge in [0.1, 0.15) is 22.3 Å². The molecule has 0 saturated carbocycles. The van der Waals surface area contributed by atoms with Crippen molar-refractivity contribution < 1.29 is 8.83 Å². The van der Waals surface area contributed by atoms with E-state index in [0.29, 0.717) is 0 Å². The number of hydrogen-bond acceptors (Lipinski definition) is 2. The lowest BCUT2D eigenvalue weighted by Gasteiger charge is -2.20. The van der Waals surface area contributed by atoms with Crippen LogP contribution in [0.15, 0.2) is 361 Å². The molecular formula is C96H58O2. The number of hydrogen-bond donors (Lipinski definition) is 0. The van der Waals surface area contributed by atoms with Crippen LogP contribution < -0.4 is 0 Å². The van der Waals surface area contributed by atoms with Crippen LogP contribution in [0.1, 0.15) is 0 Å². The summed E-state index contributed by atoms with van der Waals surface area (Å²) in [6, 6.07) is 129. The fourth-order valence-corrected chi connectivity index (χ4v) is 16.3. The SMILES string of the molecule is c1ccc(-c2cc(-c3c4ccccc4c(-c4ccc(-c5ccc(-c6ccc(-c7ccc(-c8c9ccccc9c(-c9ccc(-c%10cccc%11oc%12ccccc%12c%10%11)c%10ccccc9%10)c9ccccc89)cc7)cc6)c6oc7ccccc7c56)cc4)c4ccccc34)c3ccccc3c2)cc1. The summed E-state index contributed by atoms with van der Waals surface area (Å²) < 4.78 is 13.3. The minimum atomic E-state index is 0.872. The van der Waals surface area contributed by atoms with Gasteiger partial charge in [-0.1, -0.05) is 315 Å². The third-order valence-electron chi connectivity index (χ3n) is 20.7. The molecule has 20 aromatic rings. The van der Waals surface area contributed by atoms with E-state index >= 15 is 0 Å². The van der Waals surface area contributed by atoms with Crippen LogP contribution in [0, 0.1) is 0 Å². The van der Waals surface area contributed by atoms with Gasteiger partial charge in [0.25, 0.3) is 0 Å². The molecule has 0 bridgehead atoms. The summed E-state index contributed by atoms with van der Waals surface area (Å²) in [5, 5.41) is 19.2. The molecule has 0 aliphatic rings.